The number of benzene rings is 1. The first-order valence-electron chi connectivity index (χ1n) is 4.22. The monoisotopic (exact) mass is 274 g/mol. The summed E-state index contributed by atoms with van der Waals surface area (Å²) in [5, 5.41) is 2.94. The van der Waals surface area contributed by atoms with Crippen molar-refractivity contribution in [3.8, 4) is 5.75 Å². The lowest BCUT2D eigenvalue weighted by molar-refractivity contribution is 0.321. The number of hydrogen-bond acceptors (Lipinski definition) is 2. The van der Waals surface area contributed by atoms with E-state index in [-0.39, 0.29) is 5.82 Å². The first-order valence-corrected chi connectivity index (χ1v) is 5.89. The highest BCUT2D eigenvalue weighted by atomic mass is 79.9. The second-order valence-corrected chi connectivity index (χ2v) is 4.48. The van der Waals surface area contributed by atoms with Crippen LogP contribution in [0.15, 0.2) is 22.0 Å². The zero-order chi connectivity index (χ0) is 10.1. The van der Waals surface area contributed by atoms with Crippen molar-refractivity contribution in [1.29, 1.82) is 0 Å². The molecule has 2 rings (SSSR count). The molecule has 0 fully saturated rings. The Hall–Kier alpha value is -0.610. The van der Waals surface area contributed by atoms with E-state index in [1.807, 2.05) is 18.4 Å². The van der Waals surface area contributed by atoms with Gasteiger partial charge in [0.05, 0.1) is 15.8 Å². The third-order valence-electron chi connectivity index (χ3n) is 1.89. The second kappa shape index (κ2) is 3.87. The first-order chi connectivity index (χ1) is 6.74. The van der Waals surface area contributed by atoms with Gasteiger partial charge in [0.2, 0.25) is 0 Å². The van der Waals surface area contributed by atoms with E-state index in [0.29, 0.717) is 16.8 Å². The van der Waals surface area contributed by atoms with Gasteiger partial charge in [-0.2, -0.15) is 0 Å². The Morgan fingerprint density at radius 1 is 1.57 bits per heavy atom. The number of fused-ring (bicyclic) bond motifs is 1. The van der Waals surface area contributed by atoms with Crippen LogP contribution >= 0.6 is 27.3 Å². The lowest BCUT2D eigenvalue weighted by atomic mass is 10.2. The highest BCUT2D eigenvalue weighted by molar-refractivity contribution is 9.10. The maximum atomic E-state index is 13.6. The summed E-state index contributed by atoms with van der Waals surface area (Å²) in [4.78, 5) is 0. The predicted octanol–water partition coefficient (Wildman–Crippen LogP) is 4.20. The van der Waals surface area contributed by atoms with E-state index >= 15 is 0 Å². The zero-order valence-electron chi connectivity index (χ0n) is 7.51. The molecule has 74 valence electrons. The molecular formula is C10H8BrFOS. The van der Waals surface area contributed by atoms with E-state index in [4.69, 9.17) is 4.74 Å². The van der Waals surface area contributed by atoms with Crippen molar-refractivity contribution in [1.82, 2.24) is 0 Å². The van der Waals surface area contributed by atoms with Gasteiger partial charge in [0.25, 0.3) is 0 Å². The van der Waals surface area contributed by atoms with Gasteiger partial charge in [-0.1, -0.05) is 0 Å². The molecular weight excluding hydrogens is 267 g/mol. The van der Waals surface area contributed by atoms with Gasteiger partial charge in [-0.15, -0.1) is 11.3 Å². The van der Waals surface area contributed by atoms with E-state index in [1.165, 1.54) is 11.3 Å². The topological polar surface area (TPSA) is 9.23 Å². The van der Waals surface area contributed by atoms with Crippen molar-refractivity contribution in [2.75, 3.05) is 6.61 Å². The van der Waals surface area contributed by atoms with Gasteiger partial charge in [0, 0.05) is 0 Å². The van der Waals surface area contributed by atoms with Gasteiger partial charge >= 0.3 is 0 Å². The van der Waals surface area contributed by atoms with Gasteiger partial charge in [-0.3, -0.25) is 0 Å². The van der Waals surface area contributed by atoms with Gasteiger partial charge in [0.1, 0.15) is 0 Å². The molecule has 14 heavy (non-hydrogen) atoms. The largest absolute Gasteiger partial charge is 0.491 e. The third kappa shape index (κ3) is 1.53. The molecule has 0 radical (unpaired) electrons. The minimum atomic E-state index is -0.318. The van der Waals surface area contributed by atoms with E-state index in [1.54, 1.807) is 6.07 Å². The molecule has 0 bridgehead atoms. The number of ether oxygens (including phenoxy) is 1. The quantitative estimate of drug-likeness (QED) is 0.798. The molecule has 0 N–H and O–H groups in total. The highest BCUT2D eigenvalue weighted by Gasteiger charge is 2.12. The fourth-order valence-electron chi connectivity index (χ4n) is 1.28. The molecule has 0 spiro atoms. The van der Waals surface area contributed by atoms with Crippen LogP contribution in [0.3, 0.4) is 0 Å². The van der Waals surface area contributed by atoms with E-state index in [2.05, 4.69) is 15.9 Å². The molecule has 0 unspecified atom stereocenters. The summed E-state index contributed by atoms with van der Waals surface area (Å²) in [6.45, 7) is 2.31. The summed E-state index contributed by atoms with van der Waals surface area (Å²) in [5.74, 6) is -0.00734. The van der Waals surface area contributed by atoms with Gasteiger partial charge in [0.15, 0.2) is 11.6 Å². The Bertz CT molecular complexity index is 466. The maximum Gasteiger partial charge on any atom is 0.180 e. The van der Waals surface area contributed by atoms with Crippen molar-refractivity contribution in [2.45, 2.75) is 6.92 Å². The minimum Gasteiger partial charge on any atom is -0.491 e. The number of thiophene rings is 1. The predicted molar refractivity (Wildman–Crippen MR) is 60.7 cm³/mol. The maximum absolute atomic E-state index is 13.6. The average molecular weight is 275 g/mol. The Kier molecular flexibility index (Phi) is 2.74. The van der Waals surface area contributed by atoms with Crippen LogP contribution in [-0.4, -0.2) is 6.61 Å². The van der Waals surface area contributed by atoms with Gasteiger partial charge in [-0.25, -0.2) is 4.39 Å². The van der Waals surface area contributed by atoms with Gasteiger partial charge < -0.3 is 4.74 Å². The number of halogens is 2. The van der Waals surface area contributed by atoms with Crippen molar-refractivity contribution < 1.29 is 9.13 Å². The molecule has 0 aliphatic carbocycles. The molecule has 0 amide bonds. The molecule has 1 aromatic carbocycles. The van der Waals surface area contributed by atoms with E-state index in [0.717, 1.165) is 10.1 Å². The van der Waals surface area contributed by atoms with E-state index in [9.17, 15) is 4.39 Å². The Balaban J connectivity index is 2.67. The fourth-order valence-corrected chi connectivity index (χ4v) is 2.80. The fraction of sp³-hybridized carbons (Fsp3) is 0.200. The molecule has 0 saturated heterocycles. The highest BCUT2D eigenvalue weighted by Crippen LogP contribution is 2.36. The molecule has 2 aromatic rings. The molecule has 1 aromatic heterocycles. The normalized spacial score (nSPS) is 10.8. The van der Waals surface area contributed by atoms with Crippen LogP contribution < -0.4 is 4.74 Å². The van der Waals surface area contributed by atoms with E-state index < -0.39 is 0 Å². The zero-order valence-corrected chi connectivity index (χ0v) is 9.91. The summed E-state index contributed by atoms with van der Waals surface area (Å²) in [6.07, 6.45) is 0. The Morgan fingerprint density at radius 2 is 2.36 bits per heavy atom. The molecule has 0 atom stereocenters. The van der Waals surface area contributed by atoms with Crippen LogP contribution in [0, 0.1) is 5.82 Å². The second-order valence-electron chi connectivity index (χ2n) is 2.77. The van der Waals surface area contributed by atoms with Crippen LogP contribution in [-0.2, 0) is 0 Å². The minimum absolute atomic E-state index is 0.310. The summed E-state index contributed by atoms with van der Waals surface area (Å²) in [7, 11) is 0. The molecule has 0 aliphatic heterocycles. The van der Waals surface area contributed by atoms with Crippen LogP contribution in [0.5, 0.6) is 5.75 Å². The standard InChI is InChI=1S/C10H8BrFOS/c1-2-13-7-5-6-3-4-14-10(6)8(11)9(7)12/h3-5H,2H2,1H3. The van der Waals surface area contributed by atoms with Crippen LogP contribution in [0.25, 0.3) is 10.1 Å². The van der Waals surface area contributed by atoms with Crippen molar-refractivity contribution >= 4 is 37.4 Å². The van der Waals surface area contributed by atoms with Crippen LogP contribution in [0.1, 0.15) is 6.92 Å². The Morgan fingerprint density at radius 3 is 3.07 bits per heavy atom. The molecule has 4 heteroatoms. The summed E-state index contributed by atoms with van der Waals surface area (Å²) < 4.78 is 20.2. The Labute approximate surface area is 93.6 Å². The summed E-state index contributed by atoms with van der Waals surface area (Å²) in [5.41, 5.74) is 0. The van der Waals surface area contributed by atoms with Crippen molar-refractivity contribution in [2.24, 2.45) is 0 Å². The average Bonchev–Trinajstić information content (AvgIpc) is 2.62. The summed E-state index contributed by atoms with van der Waals surface area (Å²) >= 11 is 4.75. The third-order valence-corrected chi connectivity index (χ3v) is 3.85. The lowest BCUT2D eigenvalue weighted by Crippen LogP contribution is -1.94. The molecule has 0 saturated carbocycles. The lowest BCUT2D eigenvalue weighted by Gasteiger charge is -2.06. The SMILES string of the molecule is CCOc1cc2ccsc2c(Br)c1F. The molecule has 0 aliphatic rings. The van der Waals surface area contributed by atoms with Crippen LogP contribution in [0.4, 0.5) is 4.39 Å². The molecule has 1 nitrogen and oxygen atoms in total. The van der Waals surface area contributed by atoms with Gasteiger partial charge in [-0.05, 0) is 45.8 Å². The summed E-state index contributed by atoms with van der Waals surface area (Å²) in [6, 6.07) is 3.68. The number of rotatable bonds is 2. The van der Waals surface area contributed by atoms with Crippen molar-refractivity contribution in [3.05, 3.63) is 27.8 Å². The van der Waals surface area contributed by atoms with Crippen LogP contribution in [0.2, 0.25) is 0 Å². The smallest absolute Gasteiger partial charge is 0.180 e. The molecule has 1 heterocycles. The van der Waals surface area contributed by atoms with Crippen molar-refractivity contribution in [3.63, 3.8) is 0 Å². The first kappa shape index (κ1) is 9.93. The number of hydrogen-bond donors (Lipinski definition) is 0.